The molecule has 6 nitrogen and oxygen atoms in total. The van der Waals surface area contributed by atoms with Gasteiger partial charge in [-0.2, -0.15) is 0 Å². The van der Waals surface area contributed by atoms with Gasteiger partial charge in [-0.25, -0.2) is 10.4 Å². The van der Waals surface area contributed by atoms with Gasteiger partial charge in [0.2, 0.25) is 0 Å². The maximum absolute atomic E-state index is 11.8. The van der Waals surface area contributed by atoms with E-state index >= 15 is 0 Å². The predicted octanol–water partition coefficient (Wildman–Crippen LogP) is 3.48. The molecule has 7 heteroatoms. The first-order valence-electron chi connectivity index (χ1n) is 10.1. The van der Waals surface area contributed by atoms with Gasteiger partial charge < -0.3 is 10.0 Å². The van der Waals surface area contributed by atoms with Crippen LogP contribution < -0.4 is 10.3 Å². The molecule has 156 valence electrons. The van der Waals surface area contributed by atoms with Gasteiger partial charge in [0.25, 0.3) is 0 Å². The summed E-state index contributed by atoms with van der Waals surface area (Å²) in [6, 6.07) is 8.52. The zero-order chi connectivity index (χ0) is 21.0. The average molecular weight is 415 g/mol. The normalized spacial score (nSPS) is 27.6. The fourth-order valence-electron chi connectivity index (χ4n) is 4.91. The second-order valence-electron chi connectivity index (χ2n) is 8.38. The molecule has 0 amide bonds. The van der Waals surface area contributed by atoms with Crippen molar-refractivity contribution in [3.8, 4) is 0 Å². The molecule has 4 rings (SSSR count). The number of aryl methyl sites for hydroxylation is 2. The first-order valence-corrected chi connectivity index (χ1v) is 10.9. The van der Waals surface area contributed by atoms with Crippen molar-refractivity contribution in [3.05, 3.63) is 51.4 Å². The molecule has 1 saturated heterocycles. The Labute approximate surface area is 176 Å². The second kappa shape index (κ2) is 7.40. The number of hydrogen-bond acceptors (Lipinski definition) is 6. The fourth-order valence-corrected chi connectivity index (χ4v) is 6.21. The minimum Gasteiger partial charge on any atom is -0.481 e. The minimum atomic E-state index is -0.768. The Bertz CT molecular complexity index is 926. The maximum atomic E-state index is 11.8. The van der Waals surface area contributed by atoms with Crippen molar-refractivity contribution < 1.29 is 9.90 Å². The van der Waals surface area contributed by atoms with Crippen LogP contribution in [-0.4, -0.2) is 53.5 Å². The number of rotatable bonds is 3. The van der Waals surface area contributed by atoms with Crippen molar-refractivity contribution in [1.82, 2.24) is 15.3 Å². The summed E-state index contributed by atoms with van der Waals surface area (Å²) in [6.45, 7) is 8.62. The molecule has 1 aromatic carbocycles. The molecule has 0 aliphatic carbocycles. The molecule has 2 aliphatic rings. The second-order valence-corrected chi connectivity index (χ2v) is 9.59. The maximum Gasteiger partial charge on any atom is 0.305 e. The van der Waals surface area contributed by atoms with E-state index in [0.29, 0.717) is 0 Å². The van der Waals surface area contributed by atoms with Crippen LogP contribution in [0, 0.1) is 20.8 Å². The summed E-state index contributed by atoms with van der Waals surface area (Å²) in [4.78, 5) is 17.8. The number of hydrazine groups is 1. The minimum absolute atomic E-state index is 0.0195. The lowest BCUT2D eigenvalue weighted by Gasteiger charge is -2.39. The summed E-state index contributed by atoms with van der Waals surface area (Å²) in [5.41, 5.74) is 8.53. The van der Waals surface area contributed by atoms with Gasteiger partial charge in [0.1, 0.15) is 6.17 Å². The number of carboxylic acid groups (broad SMARTS) is 1. The number of nitrogens with one attached hydrogen (secondary N) is 1. The summed E-state index contributed by atoms with van der Waals surface area (Å²) in [5, 5.41) is 13.1. The van der Waals surface area contributed by atoms with E-state index in [1.165, 1.54) is 32.1 Å². The van der Waals surface area contributed by atoms with Crippen LogP contribution in [0.25, 0.3) is 0 Å². The Hall–Kier alpha value is -1.93. The van der Waals surface area contributed by atoms with Gasteiger partial charge in [-0.3, -0.25) is 9.69 Å². The number of hydrogen-bond donors (Lipinski definition) is 2. The van der Waals surface area contributed by atoms with Crippen LogP contribution in [0.3, 0.4) is 0 Å². The van der Waals surface area contributed by atoms with Crippen LogP contribution in [-0.2, 0) is 4.79 Å². The number of benzene rings is 1. The molecule has 2 aromatic rings. The Balaban J connectivity index is 1.96. The van der Waals surface area contributed by atoms with Gasteiger partial charge in [-0.05, 0) is 45.9 Å². The molecule has 0 saturated carbocycles. The van der Waals surface area contributed by atoms with Crippen molar-refractivity contribution in [3.63, 3.8) is 0 Å². The van der Waals surface area contributed by atoms with Crippen LogP contribution in [0.2, 0.25) is 0 Å². The molecule has 2 N–H and O–H groups in total. The van der Waals surface area contributed by atoms with Crippen LogP contribution in [0.4, 0.5) is 5.00 Å². The van der Waals surface area contributed by atoms with Gasteiger partial charge >= 0.3 is 5.97 Å². The number of carboxylic acids is 1. The summed E-state index contributed by atoms with van der Waals surface area (Å²) >= 11 is 1.82. The van der Waals surface area contributed by atoms with Crippen LogP contribution >= 0.6 is 11.3 Å². The molecule has 0 spiro atoms. The molecular weight excluding hydrogens is 384 g/mol. The third kappa shape index (κ3) is 3.26. The molecule has 4 atom stereocenters. The highest BCUT2D eigenvalue weighted by molar-refractivity contribution is 7.16. The fraction of sp³-hybridized carbons (Fsp3) is 0.500. The number of aliphatic carboxylic acids is 1. The highest BCUT2D eigenvalue weighted by atomic mass is 32.1. The lowest BCUT2D eigenvalue weighted by Crippen LogP contribution is -2.54. The van der Waals surface area contributed by atoms with Gasteiger partial charge in [-0.1, -0.05) is 29.8 Å². The Kier molecular flexibility index (Phi) is 5.19. The summed E-state index contributed by atoms with van der Waals surface area (Å²) in [6.07, 6.45) is 0.131. The molecule has 3 heterocycles. The number of nitrogens with zero attached hydrogens (tertiary/aromatic N) is 3. The van der Waals surface area contributed by atoms with E-state index in [0.717, 1.165) is 0 Å². The number of likely N-dealkylation sites (N-methyl/N-ethyl adjacent to an activating group) is 2. The predicted molar refractivity (Wildman–Crippen MR) is 117 cm³/mol. The smallest absolute Gasteiger partial charge is 0.305 e. The quantitative estimate of drug-likeness (QED) is 0.802. The Morgan fingerprint density at radius 1 is 1.17 bits per heavy atom. The third-order valence-corrected chi connectivity index (χ3v) is 7.70. The molecule has 2 aliphatic heterocycles. The molecule has 4 unspecified atom stereocenters. The Morgan fingerprint density at radius 3 is 2.45 bits per heavy atom. The summed E-state index contributed by atoms with van der Waals surface area (Å²) in [7, 11) is 4.09. The molecule has 0 bridgehead atoms. The van der Waals surface area contributed by atoms with Gasteiger partial charge in [-0.15, -0.1) is 11.3 Å². The summed E-state index contributed by atoms with van der Waals surface area (Å²) in [5.74, 6) is -0.768. The van der Waals surface area contributed by atoms with Crippen LogP contribution in [0.15, 0.2) is 24.3 Å². The molecule has 29 heavy (non-hydrogen) atoms. The number of carbonyl (C=O) groups is 1. The largest absolute Gasteiger partial charge is 0.481 e. The zero-order valence-corrected chi connectivity index (χ0v) is 18.7. The SMILES string of the molecule is Cc1ccc(C2c3c(sc(C)c3C)N3C(C)NN(C)C3C(CC(=O)O)N2C)cc1. The van der Waals surface area contributed by atoms with Gasteiger partial charge in [0.15, 0.2) is 0 Å². The van der Waals surface area contributed by atoms with E-state index in [9.17, 15) is 9.90 Å². The first kappa shape index (κ1) is 20.3. The lowest BCUT2D eigenvalue weighted by atomic mass is 9.93. The van der Waals surface area contributed by atoms with E-state index in [4.69, 9.17) is 0 Å². The highest BCUT2D eigenvalue weighted by Gasteiger charge is 2.49. The van der Waals surface area contributed by atoms with E-state index < -0.39 is 5.97 Å². The zero-order valence-electron chi connectivity index (χ0n) is 17.9. The number of thiophene rings is 1. The van der Waals surface area contributed by atoms with Crippen molar-refractivity contribution in [2.75, 3.05) is 19.0 Å². The molecule has 1 aromatic heterocycles. The average Bonchev–Trinajstić information content (AvgIpc) is 3.06. The van der Waals surface area contributed by atoms with Crippen molar-refractivity contribution >= 4 is 22.3 Å². The van der Waals surface area contributed by atoms with E-state index in [-0.39, 0.29) is 30.8 Å². The third-order valence-electron chi connectivity index (χ3n) is 6.46. The van der Waals surface area contributed by atoms with E-state index in [1.807, 2.05) is 18.4 Å². The topological polar surface area (TPSA) is 59.1 Å². The number of fused-ring (bicyclic) bond motifs is 3. The van der Waals surface area contributed by atoms with Gasteiger partial charge in [0.05, 0.1) is 29.7 Å². The van der Waals surface area contributed by atoms with Crippen molar-refractivity contribution in [1.29, 1.82) is 0 Å². The van der Waals surface area contributed by atoms with Crippen molar-refractivity contribution in [2.24, 2.45) is 0 Å². The van der Waals surface area contributed by atoms with Gasteiger partial charge in [0, 0.05) is 17.5 Å². The summed E-state index contributed by atoms with van der Waals surface area (Å²) < 4.78 is 0. The standard InChI is InChI=1S/C22H30N4O2S/c1-12-7-9-16(10-8-12)20-19-13(2)14(3)29-22(19)26-15(4)23-25(6)21(26)17(24(20)5)11-18(27)28/h7-10,15,17,20-21,23H,11H2,1-6H3,(H,27,28). The van der Waals surface area contributed by atoms with Crippen LogP contribution in [0.5, 0.6) is 0 Å². The van der Waals surface area contributed by atoms with E-state index in [2.05, 4.69) is 79.2 Å². The van der Waals surface area contributed by atoms with Crippen LogP contribution in [0.1, 0.15) is 46.5 Å². The van der Waals surface area contributed by atoms with E-state index in [1.54, 1.807) is 0 Å². The number of anilines is 1. The molecular formula is C22H30N4O2S. The lowest BCUT2D eigenvalue weighted by molar-refractivity contribution is -0.139. The van der Waals surface area contributed by atoms with Crippen molar-refractivity contribution in [2.45, 2.75) is 58.5 Å². The Morgan fingerprint density at radius 2 is 1.83 bits per heavy atom. The molecule has 0 radical (unpaired) electrons. The first-order chi connectivity index (χ1) is 13.7. The highest BCUT2D eigenvalue weighted by Crippen LogP contribution is 2.49. The monoisotopic (exact) mass is 414 g/mol. The molecule has 1 fully saturated rings.